The number of nitrogens with zero attached hydrogens (tertiary/aromatic N) is 2. The zero-order valence-electron chi connectivity index (χ0n) is 36.3. The van der Waals surface area contributed by atoms with Crippen LogP contribution < -0.4 is 0 Å². The number of rotatable bonds is 39. The average Bonchev–Trinajstić information content (AvgIpc) is 3.20. The van der Waals surface area contributed by atoms with Gasteiger partial charge < -0.3 is 19.3 Å². The molecule has 6 heteroatoms. The zero-order valence-corrected chi connectivity index (χ0v) is 36.3. The summed E-state index contributed by atoms with van der Waals surface area (Å²) >= 11 is 0. The number of allylic oxidation sites excluding steroid dienone is 8. The first kappa shape index (κ1) is 50.8. The Morgan fingerprint density at radius 3 is 1.27 bits per heavy atom. The zero-order chi connectivity index (χ0) is 39.5. The number of carbonyl (C=O) groups is 2. The van der Waals surface area contributed by atoms with Gasteiger partial charge in [0, 0.05) is 26.2 Å². The number of unbranched alkanes of at least 4 members (excludes halogenated alkanes) is 18. The van der Waals surface area contributed by atoms with Gasteiger partial charge in [-0.1, -0.05) is 146 Å². The molecule has 318 valence electrons. The third-order valence-corrected chi connectivity index (χ3v) is 10.7. The minimum absolute atomic E-state index is 0.120. The smallest absolute Gasteiger partial charge is 0.307 e. The number of ether oxygens (including phenoxy) is 2. The molecule has 0 radical (unpaired) electrons. The molecule has 0 aliphatic carbocycles. The van der Waals surface area contributed by atoms with E-state index in [-0.39, 0.29) is 11.9 Å². The second-order valence-electron chi connectivity index (χ2n) is 15.9. The maximum Gasteiger partial charge on any atom is 0.307 e. The second-order valence-corrected chi connectivity index (χ2v) is 15.9. The minimum atomic E-state index is -0.120. The minimum Gasteiger partial charge on any atom is -0.466 e. The number of likely N-dealkylation sites (tertiary alicyclic amines) is 1. The van der Waals surface area contributed by atoms with Gasteiger partial charge in [-0.3, -0.25) is 9.59 Å². The third kappa shape index (κ3) is 37.2. The Morgan fingerprint density at radius 2 is 0.855 bits per heavy atom. The molecule has 0 aromatic rings. The number of piperidine rings is 1. The molecular weight excluding hydrogens is 681 g/mol. The van der Waals surface area contributed by atoms with Gasteiger partial charge in [0.05, 0.1) is 26.1 Å². The van der Waals surface area contributed by atoms with Crippen LogP contribution in [0.3, 0.4) is 0 Å². The summed E-state index contributed by atoms with van der Waals surface area (Å²) in [6.07, 6.45) is 52.0. The van der Waals surface area contributed by atoms with Gasteiger partial charge >= 0.3 is 11.9 Å². The van der Waals surface area contributed by atoms with Crippen LogP contribution in [-0.2, 0) is 19.1 Å². The van der Waals surface area contributed by atoms with Crippen molar-refractivity contribution in [1.29, 1.82) is 0 Å². The van der Waals surface area contributed by atoms with E-state index in [1.807, 2.05) is 0 Å². The predicted octanol–water partition coefficient (Wildman–Crippen LogP) is 13.3. The molecule has 0 bridgehead atoms. The van der Waals surface area contributed by atoms with E-state index in [9.17, 15) is 9.59 Å². The second kappa shape index (κ2) is 41.5. The van der Waals surface area contributed by atoms with Gasteiger partial charge in [-0.25, -0.2) is 0 Å². The van der Waals surface area contributed by atoms with Crippen molar-refractivity contribution in [3.05, 3.63) is 48.6 Å². The van der Waals surface area contributed by atoms with Crippen LogP contribution in [0.1, 0.15) is 200 Å². The van der Waals surface area contributed by atoms with E-state index < -0.39 is 0 Å². The first-order valence-corrected chi connectivity index (χ1v) is 23.5. The van der Waals surface area contributed by atoms with Crippen molar-refractivity contribution in [2.45, 2.75) is 200 Å². The normalized spacial score (nSPS) is 14.1. The highest BCUT2D eigenvalue weighted by atomic mass is 16.5. The summed E-state index contributed by atoms with van der Waals surface area (Å²) in [7, 11) is 0. The summed E-state index contributed by atoms with van der Waals surface area (Å²) in [5, 5.41) is 0. The fourth-order valence-corrected chi connectivity index (χ4v) is 7.00. The Hall–Kier alpha value is -2.18. The van der Waals surface area contributed by atoms with Crippen molar-refractivity contribution in [3.63, 3.8) is 0 Å². The van der Waals surface area contributed by atoms with E-state index in [4.69, 9.17) is 9.47 Å². The van der Waals surface area contributed by atoms with Crippen LogP contribution in [0.15, 0.2) is 48.6 Å². The van der Waals surface area contributed by atoms with Crippen molar-refractivity contribution >= 4 is 11.9 Å². The van der Waals surface area contributed by atoms with Gasteiger partial charge in [-0.15, -0.1) is 0 Å². The summed E-state index contributed by atoms with van der Waals surface area (Å²) in [4.78, 5) is 29.9. The van der Waals surface area contributed by atoms with E-state index in [0.29, 0.717) is 39.1 Å². The van der Waals surface area contributed by atoms with Crippen molar-refractivity contribution in [2.75, 3.05) is 52.5 Å². The van der Waals surface area contributed by atoms with Gasteiger partial charge in [0.15, 0.2) is 0 Å². The summed E-state index contributed by atoms with van der Waals surface area (Å²) in [5.41, 5.74) is 0. The van der Waals surface area contributed by atoms with Crippen molar-refractivity contribution < 1.29 is 19.1 Å². The molecule has 1 aliphatic rings. The first-order valence-electron chi connectivity index (χ1n) is 23.5. The van der Waals surface area contributed by atoms with Crippen molar-refractivity contribution in [2.24, 2.45) is 0 Å². The van der Waals surface area contributed by atoms with Gasteiger partial charge in [0.2, 0.25) is 0 Å². The number of hydrogen-bond acceptors (Lipinski definition) is 6. The molecular formula is C49H88N2O4. The lowest BCUT2D eigenvalue weighted by Gasteiger charge is -2.29. The highest BCUT2D eigenvalue weighted by Crippen LogP contribution is 2.12. The van der Waals surface area contributed by atoms with Crippen LogP contribution in [0.4, 0.5) is 0 Å². The van der Waals surface area contributed by atoms with Crippen LogP contribution in [0.5, 0.6) is 0 Å². The molecule has 0 atom stereocenters. The summed E-state index contributed by atoms with van der Waals surface area (Å²) in [6.45, 7) is 11.0. The number of hydrogen-bond donors (Lipinski definition) is 0. The monoisotopic (exact) mass is 769 g/mol. The summed E-state index contributed by atoms with van der Waals surface area (Å²) in [5.74, 6) is -0.240. The van der Waals surface area contributed by atoms with E-state index in [2.05, 4.69) is 72.3 Å². The third-order valence-electron chi connectivity index (χ3n) is 10.7. The quantitative estimate of drug-likeness (QED) is 0.0353. The van der Waals surface area contributed by atoms with Gasteiger partial charge in [-0.2, -0.15) is 0 Å². The molecule has 1 fully saturated rings. The standard InChI is InChI=1S/C49H88N2O4/c1-3-5-7-9-11-13-15-17-19-21-23-25-27-29-31-36-46-54-48(52)38-42-51(45-44-50-40-34-33-35-41-50)43-39-49(53)55-47-37-32-30-28-26-24-22-20-18-16-14-12-10-8-6-4-2/h11-14,17-20H,3-10,15-16,21-47H2,1-2H3/b13-11-,14-12-,19-17-,20-18-. The van der Waals surface area contributed by atoms with Crippen molar-refractivity contribution in [1.82, 2.24) is 9.80 Å². The van der Waals surface area contributed by atoms with Gasteiger partial charge in [0.1, 0.15) is 0 Å². The summed E-state index contributed by atoms with van der Waals surface area (Å²) < 4.78 is 11.2. The lowest BCUT2D eigenvalue weighted by molar-refractivity contribution is -0.144. The SMILES string of the molecule is CCCCC/C=C\C/C=C\CCCCCCCCOC(=O)CCN(CCC(=O)OCCCCCCCC/C=C\C/C=C\CCCCC)CCN1CCCCC1. The molecule has 0 aromatic carbocycles. The predicted molar refractivity (Wildman–Crippen MR) is 237 cm³/mol. The Kier molecular flexibility index (Phi) is 38.3. The maximum atomic E-state index is 12.6. The highest BCUT2D eigenvalue weighted by molar-refractivity contribution is 5.70. The Bertz CT molecular complexity index is 902. The topological polar surface area (TPSA) is 59.1 Å². The van der Waals surface area contributed by atoms with Crippen LogP contribution in [0.25, 0.3) is 0 Å². The molecule has 55 heavy (non-hydrogen) atoms. The van der Waals surface area contributed by atoms with E-state index >= 15 is 0 Å². The molecule has 0 saturated carbocycles. The summed E-state index contributed by atoms with van der Waals surface area (Å²) in [6, 6.07) is 0. The van der Waals surface area contributed by atoms with Gasteiger partial charge in [-0.05, 0) is 103 Å². The van der Waals surface area contributed by atoms with Gasteiger partial charge in [0.25, 0.3) is 0 Å². The lowest BCUT2D eigenvalue weighted by Crippen LogP contribution is -2.39. The number of esters is 2. The van der Waals surface area contributed by atoms with Crippen LogP contribution in [0.2, 0.25) is 0 Å². The fourth-order valence-electron chi connectivity index (χ4n) is 7.00. The van der Waals surface area contributed by atoms with Crippen molar-refractivity contribution in [3.8, 4) is 0 Å². The van der Waals surface area contributed by atoms with Crippen LogP contribution in [0, 0.1) is 0 Å². The molecule has 1 aliphatic heterocycles. The highest BCUT2D eigenvalue weighted by Gasteiger charge is 2.15. The van der Waals surface area contributed by atoms with Crippen LogP contribution >= 0.6 is 0 Å². The Balaban J connectivity index is 2.11. The molecule has 1 saturated heterocycles. The number of carbonyl (C=O) groups excluding carboxylic acids is 2. The maximum absolute atomic E-state index is 12.6. The average molecular weight is 769 g/mol. The largest absolute Gasteiger partial charge is 0.466 e. The molecule has 6 nitrogen and oxygen atoms in total. The molecule has 0 unspecified atom stereocenters. The molecule has 1 heterocycles. The van der Waals surface area contributed by atoms with E-state index in [0.717, 1.165) is 64.7 Å². The molecule has 0 amide bonds. The molecule has 0 spiro atoms. The fraction of sp³-hybridized carbons (Fsp3) is 0.796. The van der Waals surface area contributed by atoms with E-state index in [1.165, 1.54) is 135 Å². The Morgan fingerprint density at radius 1 is 0.473 bits per heavy atom. The Labute approximate surface area is 341 Å². The molecule has 0 aromatic heterocycles. The van der Waals surface area contributed by atoms with Crippen LogP contribution in [-0.4, -0.2) is 74.2 Å². The van der Waals surface area contributed by atoms with E-state index in [1.54, 1.807) is 0 Å². The first-order chi connectivity index (χ1) is 27.2. The lowest BCUT2D eigenvalue weighted by atomic mass is 10.1. The molecule has 0 N–H and O–H groups in total. The molecule has 1 rings (SSSR count).